The van der Waals surface area contributed by atoms with E-state index in [4.69, 9.17) is 5.73 Å². The van der Waals surface area contributed by atoms with Crippen molar-refractivity contribution in [1.82, 2.24) is 15.5 Å². The lowest BCUT2D eigenvalue weighted by Gasteiger charge is -2.38. The standard InChI is InChI=1S/C20H26N4O3/c21-20(7-2-8-20)9-10-22-11-13-3-1-4-14-12-24(19(27)17(13)14)15-5-6-16(25)23-18(15)26/h1,3-4,15,22H,2,5-12,21H2,(H,23,25,26). The van der Waals surface area contributed by atoms with E-state index in [1.54, 1.807) is 4.90 Å². The van der Waals surface area contributed by atoms with E-state index in [0.717, 1.165) is 36.9 Å². The minimum atomic E-state index is -0.570. The first-order chi connectivity index (χ1) is 13.0. The number of hydrogen-bond donors (Lipinski definition) is 3. The number of imide groups is 1. The maximum atomic E-state index is 13.0. The quantitative estimate of drug-likeness (QED) is 0.508. The van der Waals surface area contributed by atoms with Crippen LogP contribution in [0, 0.1) is 0 Å². The molecule has 0 radical (unpaired) electrons. The van der Waals surface area contributed by atoms with E-state index in [1.165, 1.54) is 6.42 Å². The van der Waals surface area contributed by atoms with Gasteiger partial charge in [0.25, 0.3) is 5.91 Å². The molecule has 1 atom stereocenters. The van der Waals surface area contributed by atoms with Crippen LogP contribution in [-0.2, 0) is 22.7 Å². The minimum absolute atomic E-state index is 0.00989. The smallest absolute Gasteiger partial charge is 0.255 e. The molecule has 1 aliphatic carbocycles. The SMILES string of the molecule is NC1(CCNCc2cccc3c2C(=O)N(C2CCC(=O)NC2=O)C3)CCC1. The molecule has 7 heteroatoms. The Labute approximate surface area is 158 Å². The van der Waals surface area contributed by atoms with Gasteiger partial charge in [-0.2, -0.15) is 0 Å². The van der Waals surface area contributed by atoms with E-state index in [9.17, 15) is 14.4 Å². The fourth-order valence-electron chi connectivity index (χ4n) is 4.28. The van der Waals surface area contributed by atoms with Gasteiger partial charge in [0, 0.05) is 30.6 Å². The summed E-state index contributed by atoms with van der Waals surface area (Å²) in [6.45, 7) is 1.85. The Morgan fingerprint density at radius 2 is 2.07 bits per heavy atom. The first-order valence-corrected chi connectivity index (χ1v) is 9.72. The molecule has 7 nitrogen and oxygen atoms in total. The summed E-state index contributed by atoms with van der Waals surface area (Å²) in [5.74, 6) is -0.763. The number of nitrogens with one attached hydrogen (secondary N) is 2. The topological polar surface area (TPSA) is 105 Å². The molecule has 2 heterocycles. The number of piperidine rings is 1. The highest BCUT2D eigenvalue weighted by Crippen LogP contribution is 2.32. The van der Waals surface area contributed by atoms with E-state index in [1.807, 2.05) is 18.2 Å². The predicted molar refractivity (Wildman–Crippen MR) is 99.6 cm³/mol. The maximum Gasteiger partial charge on any atom is 0.255 e. The highest BCUT2D eigenvalue weighted by Gasteiger charge is 2.40. The monoisotopic (exact) mass is 370 g/mol. The number of amides is 3. The average Bonchev–Trinajstić information content (AvgIpc) is 2.95. The van der Waals surface area contributed by atoms with Crippen LogP contribution < -0.4 is 16.4 Å². The Morgan fingerprint density at radius 3 is 2.78 bits per heavy atom. The number of benzene rings is 1. The Morgan fingerprint density at radius 1 is 1.26 bits per heavy atom. The number of carbonyl (C=O) groups excluding carboxylic acids is 3. The van der Waals surface area contributed by atoms with Crippen molar-refractivity contribution in [2.45, 2.75) is 63.2 Å². The van der Waals surface area contributed by atoms with Gasteiger partial charge in [-0.25, -0.2) is 0 Å². The number of fused-ring (bicyclic) bond motifs is 1. The molecule has 1 aromatic carbocycles. The lowest BCUT2D eigenvalue weighted by Crippen LogP contribution is -2.52. The van der Waals surface area contributed by atoms with Crippen molar-refractivity contribution in [2.24, 2.45) is 5.73 Å². The number of hydrogen-bond acceptors (Lipinski definition) is 5. The zero-order valence-corrected chi connectivity index (χ0v) is 15.4. The number of nitrogens with two attached hydrogens (primary N) is 1. The van der Waals surface area contributed by atoms with Gasteiger partial charge in [0.15, 0.2) is 0 Å². The first-order valence-electron chi connectivity index (χ1n) is 9.72. The van der Waals surface area contributed by atoms with Crippen molar-refractivity contribution in [1.29, 1.82) is 0 Å². The van der Waals surface area contributed by atoms with Crippen LogP contribution in [0.1, 0.15) is 60.0 Å². The van der Waals surface area contributed by atoms with Crippen molar-refractivity contribution in [3.05, 3.63) is 34.9 Å². The largest absolute Gasteiger partial charge is 0.325 e. The fraction of sp³-hybridized carbons (Fsp3) is 0.550. The Hall–Kier alpha value is -2.25. The van der Waals surface area contributed by atoms with Crippen molar-refractivity contribution in [3.8, 4) is 0 Å². The summed E-state index contributed by atoms with van der Waals surface area (Å²) in [6, 6.07) is 5.28. The van der Waals surface area contributed by atoms with Crippen LogP contribution in [0.3, 0.4) is 0 Å². The van der Waals surface area contributed by atoms with E-state index in [-0.39, 0.29) is 29.7 Å². The minimum Gasteiger partial charge on any atom is -0.325 e. The van der Waals surface area contributed by atoms with Gasteiger partial charge in [-0.05, 0) is 49.8 Å². The van der Waals surface area contributed by atoms with Crippen LogP contribution >= 0.6 is 0 Å². The second-order valence-corrected chi connectivity index (χ2v) is 7.99. The molecule has 27 heavy (non-hydrogen) atoms. The summed E-state index contributed by atoms with van der Waals surface area (Å²) in [4.78, 5) is 38.1. The fourth-order valence-corrected chi connectivity index (χ4v) is 4.28. The molecular weight excluding hydrogens is 344 g/mol. The third-order valence-electron chi connectivity index (χ3n) is 6.10. The first kappa shape index (κ1) is 18.1. The van der Waals surface area contributed by atoms with Gasteiger partial charge >= 0.3 is 0 Å². The average molecular weight is 370 g/mol. The number of rotatable bonds is 6. The van der Waals surface area contributed by atoms with Crippen LogP contribution in [0.5, 0.6) is 0 Å². The van der Waals surface area contributed by atoms with Gasteiger partial charge in [0.1, 0.15) is 6.04 Å². The van der Waals surface area contributed by atoms with Gasteiger partial charge in [-0.1, -0.05) is 18.2 Å². The molecule has 1 aromatic rings. The molecular formula is C20H26N4O3. The zero-order valence-electron chi connectivity index (χ0n) is 15.4. The van der Waals surface area contributed by atoms with E-state index >= 15 is 0 Å². The third kappa shape index (κ3) is 3.49. The van der Waals surface area contributed by atoms with Crippen LogP contribution in [0.4, 0.5) is 0 Å². The van der Waals surface area contributed by atoms with E-state index in [0.29, 0.717) is 25.1 Å². The second-order valence-electron chi connectivity index (χ2n) is 7.99. The summed E-state index contributed by atoms with van der Waals surface area (Å²) in [6.07, 6.45) is 5.00. The van der Waals surface area contributed by atoms with Gasteiger partial charge in [0.2, 0.25) is 11.8 Å². The van der Waals surface area contributed by atoms with Crippen LogP contribution in [0.25, 0.3) is 0 Å². The molecule has 1 saturated carbocycles. The Bertz CT molecular complexity index is 787. The highest BCUT2D eigenvalue weighted by molar-refractivity contribution is 6.05. The van der Waals surface area contributed by atoms with Crippen LogP contribution in [0.2, 0.25) is 0 Å². The van der Waals surface area contributed by atoms with Gasteiger partial charge in [0.05, 0.1) is 0 Å². The van der Waals surface area contributed by atoms with Gasteiger partial charge in [-0.3, -0.25) is 19.7 Å². The maximum absolute atomic E-state index is 13.0. The highest BCUT2D eigenvalue weighted by atomic mass is 16.2. The molecule has 144 valence electrons. The molecule has 0 bridgehead atoms. The van der Waals surface area contributed by atoms with Crippen LogP contribution in [-0.4, -0.2) is 40.7 Å². The molecule has 0 spiro atoms. The van der Waals surface area contributed by atoms with E-state index in [2.05, 4.69) is 10.6 Å². The summed E-state index contributed by atoms with van der Waals surface area (Å²) < 4.78 is 0. The predicted octanol–water partition coefficient (Wildman–Crippen LogP) is 0.809. The lowest BCUT2D eigenvalue weighted by atomic mass is 9.75. The molecule has 3 aliphatic rings. The van der Waals surface area contributed by atoms with Crippen molar-refractivity contribution >= 4 is 17.7 Å². The molecule has 3 amide bonds. The lowest BCUT2D eigenvalue weighted by molar-refractivity contribution is -0.136. The molecule has 4 N–H and O–H groups in total. The van der Waals surface area contributed by atoms with Crippen LogP contribution in [0.15, 0.2) is 18.2 Å². The summed E-state index contributed by atoms with van der Waals surface area (Å²) in [7, 11) is 0. The summed E-state index contributed by atoms with van der Waals surface area (Å²) in [5, 5.41) is 5.75. The van der Waals surface area contributed by atoms with Crippen molar-refractivity contribution in [2.75, 3.05) is 6.54 Å². The zero-order chi connectivity index (χ0) is 19.0. The number of nitrogens with zero attached hydrogens (tertiary/aromatic N) is 1. The van der Waals surface area contributed by atoms with Gasteiger partial charge < -0.3 is 16.0 Å². The normalized spacial score (nSPS) is 23.8. The second kappa shape index (κ2) is 7.05. The molecule has 0 aromatic heterocycles. The molecule has 2 aliphatic heterocycles. The Balaban J connectivity index is 1.42. The molecule has 1 unspecified atom stereocenters. The van der Waals surface area contributed by atoms with E-state index < -0.39 is 6.04 Å². The third-order valence-corrected chi connectivity index (χ3v) is 6.10. The Kier molecular flexibility index (Phi) is 4.74. The summed E-state index contributed by atoms with van der Waals surface area (Å²) in [5.41, 5.74) is 8.83. The number of carbonyl (C=O) groups is 3. The van der Waals surface area contributed by atoms with Crippen molar-refractivity contribution < 1.29 is 14.4 Å². The summed E-state index contributed by atoms with van der Waals surface area (Å²) >= 11 is 0. The molecule has 4 rings (SSSR count). The molecule has 1 saturated heterocycles. The van der Waals surface area contributed by atoms with Gasteiger partial charge in [-0.15, -0.1) is 0 Å². The van der Waals surface area contributed by atoms with Crippen molar-refractivity contribution in [3.63, 3.8) is 0 Å². The molecule has 2 fully saturated rings.